The summed E-state index contributed by atoms with van der Waals surface area (Å²) in [6, 6.07) is 4.03. The van der Waals surface area contributed by atoms with Crippen LogP contribution in [0.3, 0.4) is 0 Å². The second-order valence-corrected chi connectivity index (χ2v) is 5.71. The van der Waals surface area contributed by atoms with Crippen LogP contribution in [0, 0.1) is 0 Å². The molecule has 0 unspecified atom stereocenters. The lowest BCUT2D eigenvalue weighted by molar-refractivity contribution is 0.199. The standard InChI is InChI=1S/C16H26BrNO3/c1-19-10-9-18-8-6-4-5-7-13-11-15(20-2)16(21-3)12-14(13)17/h11-12,18H,4-10H2,1-3H3. The van der Waals surface area contributed by atoms with Crippen molar-refractivity contribution in [1.29, 1.82) is 0 Å². The largest absolute Gasteiger partial charge is 0.493 e. The van der Waals surface area contributed by atoms with Gasteiger partial charge in [-0.05, 0) is 43.5 Å². The van der Waals surface area contributed by atoms with Crippen molar-refractivity contribution in [2.75, 3.05) is 41.0 Å². The summed E-state index contributed by atoms with van der Waals surface area (Å²) < 4.78 is 16.7. The summed E-state index contributed by atoms with van der Waals surface area (Å²) in [5.41, 5.74) is 1.26. The van der Waals surface area contributed by atoms with Crippen LogP contribution in [-0.2, 0) is 11.2 Å². The van der Waals surface area contributed by atoms with E-state index in [2.05, 4.69) is 27.3 Å². The minimum atomic E-state index is 0.760. The fraction of sp³-hybridized carbons (Fsp3) is 0.625. The number of rotatable bonds is 11. The Hall–Kier alpha value is -0.780. The molecule has 0 aromatic heterocycles. The lowest BCUT2D eigenvalue weighted by Gasteiger charge is -2.12. The molecular formula is C16H26BrNO3. The molecular weight excluding hydrogens is 334 g/mol. The van der Waals surface area contributed by atoms with E-state index in [-0.39, 0.29) is 0 Å². The minimum absolute atomic E-state index is 0.760. The van der Waals surface area contributed by atoms with Gasteiger partial charge in [-0.15, -0.1) is 0 Å². The van der Waals surface area contributed by atoms with Crippen molar-refractivity contribution in [2.45, 2.75) is 25.7 Å². The van der Waals surface area contributed by atoms with E-state index in [4.69, 9.17) is 14.2 Å². The lowest BCUT2D eigenvalue weighted by Crippen LogP contribution is -2.20. The molecule has 5 heteroatoms. The van der Waals surface area contributed by atoms with Crippen LogP contribution in [0.2, 0.25) is 0 Å². The Morgan fingerprint density at radius 3 is 2.33 bits per heavy atom. The van der Waals surface area contributed by atoms with E-state index in [0.29, 0.717) is 0 Å². The molecule has 4 nitrogen and oxygen atoms in total. The maximum Gasteiger partial charge on any atom is 0.161 e. The first-order valence-electron chi connectivity index (χ1n) is 7.33. The van der Waals surface area contributed by atoms with Gasteiger partial charge in [0.25, 0.3) is 0 Å². The van der Waals surface area contributed by atoms with Gasteiger partial charge in [0.2, 0.25) is 0 Å². The van der Waals surface area contributed by atoms with Crippen LogP contribution in [0.1, 0.15) is 24.8 Å². The highest BCUT2D eigenvalue weighted by Crippen LogP contribution is 2.33. The summed E-state index contributed by atoms with van der Waals surface area (Å²) in [4.78, 5) is 0. The minimum Gasteiger partial charge on any atom is -0.493 e. The monoisotopic (exact) mass is 359 g/mol. The zero-order valence-corrected chi connectivity index (χ0v) is 14.8. The normalized spacial score (nSPS) is 10.7. The van der Waals surface area contributed by atoms with Gasteiger partial charge in [0.05, 0.1) is 20.8 Å². The topological polar surface area (TPSA) is 39.7 Å². The van der Waals surface area contributed by atoms with Crippen LogP contribution in [0.5, 0.6) is 11.5 Å². The highest BCUT2D eigenvalue weighted by atomic mass is 79.9. The number of hydrogen-bond acceptors (Lipinski definition) is 4. The van der Waals surface area contributed by atoms with Crippen molar-refractivity contribution in [3.05, 3.63) is 22.2 Å². The van der Waals surface area contributed by atoms with E-state index < -0.39 is 0 Å². The van der Waals surface area contributed by atoms with E-state index >= 15 is 0 Å². The zero-order chi connectivity index (χ0) is 15.5. The third-order valence-electron chi connectivity index (χ3n) is 3.34. The number of unbranched alkanes of at least 4 members (excludes halogenated alkanes) is 2. The van der Waals surface area contributed by atoms with Gasteiger partial charge in [0, 0.05) is 18.1 Å². The Bertz CT molecular complexity index is 413. The van der Waals surface area contributed by atoms with Gasteiger partial charge in [-0.3, -0.25) is 0 Å². The van der Waals surface area contributed by atoms with Gasteiger partial charge in [-0.2, -0.15) is 0 Å². The molecule has 21 heavy (non-hydrogen) atoms. The molecule has 0 aliphatic heterocycles. The molecule has 0 saturated heterocycles. The molecule has 1 aromatic carbocycles. The second-order valence-electron chi connectivity index (χ2n) is 4.85. The molecule has 0 heterocycles. The molecule has 0 aliphatic rings. The van der Waals surface area contributed by atoms with Crippen LogP contribution >= 0.6 is 15.9 Å². The molecule has 1 N–H and O–H groups in total. The van der Waals surface area contributed by atoms with Gasteiger partial charge < -0.3 is 19.5 Å². The summed E-state index contributed by atoms with van der Waals surface area (Å²) in [5.74, 6) is 1.55. The summed E-state index contributed by atoms with van der Waals surface area (Å²) in [6.45, 7) is 2.76. The van der Waals surface area contributed by atoms with Gasteiger partial charge in [-0.25, -0.2) is 0 Å². The third kappa shape index (κ3) is 6.68. The van der Waals surface area contributed by atoms with Gasteiger partial charge in [0.15, 0.2) is 11.5 Å². The summed E-state index contributed by atoms with van der Waals surface area (Å²) in [7, 11) is 5.05. The predicted molar refractivity (Wildman–Crippen MR) is 89.5 cm³/mol. The molecule has 120 valence electrons. The van der Waals surface area contributed by atoms with E-state index in [9.17, 15) is 0 Å². The lowest BCUT2D eigenvalue weighted by atomic mass is 10.1. The molecule has 1 aromatic rings. The van der Waals surface area contributed by atoms with Gasteiger partial charge in [-0.1, -0.05) is 22.4 Å². The number of benzene rings is 1. The molecule has 0 saturated carbocycles. The van der Waals surface area contributed by atoms with Crippen molar-refractivity contribution < 1.29 is 14.2 Å². The van der Waals surface area contributed by atoms with E-state index in [1.807, 2.05) is 6.07 Å². The van der Waals surface area contributed by atoms with Crippen molar-refractivity contribution in [3.8, 4) is 11.5 Å². The highest BCUT2D eigenvalue weighted by molar-refractivity contribution is 9.10. The average Bonchev–Trinajstić information content (AvgIpc) is 2.50. The second kappa shape index (κ2) is 10.9. The molecule has 1 rings (SSSR count). The Kier molecular flexibility index (Phi) is 9.46. The van der Waals surface area contributed by atoms with Crippen molar-refractivity contribution in [1.82, 2.24) is 5.32 Å². The first-order chi connectivity index (χ1) is 10.2. The number of ether oxygens (including phenoxy) is 3. The Morgan fingerprint density at radius 1 is 0.952 bits per heavy atom. The molecule has 0 fully saturated rings. The van der Waals surface area contributed by atoms with Gasteiger partial charge in [0.1, 0.15) is 0 Å². The quantitative estimate of drug-likeness (QED) is 0.614. The molecule has 0 spiro atoms. The smallest absolute Gasteiger partial charge is 0.161 e. The van der Waals surface area contributed by atoms with E-state index in [1.54, 1.807) is 21.3 Å². The summed E-state index contributed by atoms with van der Waals surface area (Å²) in [6.07, 6.45) is 4.61. The Balaban J connectivity index is 2.32. The maximum atomic E-state index is 5.35. The molecule has 0 amide bonds. The predicted octanol–water partition coefficient (Wildman–Crippen LogP) is 3.42. The molecule has 0 radical (unpaired) electrons. The van der Waals surface area contributed by atoms with Crippen LogP contribution in [0.25, 0.3) is 0 Å². The highest BCUT2D eigenvalue weighted by Gasteiger charge is 2.09. The van der Waals surface area contributed by atoms with Crippen LogP contribution < -0.4 is 14.8 Å². The van der Waals surface area contributed by atoms with Crippen molar-refractivity contribution in [3.63, 3.8) is 0 Å². The van der Waals surface area contributed by atoms with Crippen LogP contribution in [-0.4, -0.2) is 41.0 Å². The van der Waals surface area contributed by atoms with Crippen molar-refractivity contribution >= 4 is 15.9 Å². The van der Waals surface area contributed by atoms with Crippen LogP contribution in [0.15, 0.2) is 16.6 Å². The molecule has 0 atom stereocenters. The number of hydrogen-bond donors (Lipinski definition) is 1. The number of halogens is 1. The molecule has 0 bridgehead atoms. The van der Waals surface area contributed by atoms with E-state index in [1.165, 1.54) is 24.8 Å². The number of aryl methyl sites for hydroxylation is 1. The fourth-order valence-corrected chi connectivity index (χ4v) is 2.65. The Labute approximate surface area is 136 Å². The van der Waals surface area contributed by atoms with Crippen LogP contribution in [0.4, 0.5) is 0 Å². The van der Waals surface area contributed by atoms with E-state index in [0.717, 1.165) is 42.1 Å². The summed E-state index contributed by atoms with van der Waals surface area (Å²) in [5, 5.41) is 3.36. The van der Waals surface area contributed by atoms with Crippen molar-refractivity contribution in [2.24, 2.45) is 0 Å². The number of nitrogens with one attached hydrogen (secondary N) is 1. The first kappa shape index (κ1) is 18.3. The fourth-order valence-electron chi connectivity index (χ4n) is 2.13. The maximum absolute atomic E-state index is 5.35. The van der Waals surface area contributed by atoms with Gasteiger partial charge >= 0.3 is 0 Å². The Morgan fingerprint density at radius 2 is 1.67 bits per heavy atom. The molecule has 0 aliphatic carbocycles. The summed E-state index contributed by atoms with van der Waals surface area (Å²) >= 11 is 3.60. The zero-order valence-electron chi connectivity index (χ0n) is 13.2. The SMILES string of the molecule is COCCNCCCCCc1cc(OC)c(OC)cc1Br. The first-order valence-corrected chi connectivity index (χ1v) is 8.12. The third-order valence-corrected chi connectivity index (χ3v) is 4.07. The average molecular weight is 360 g/mol. The number of methoxy groups -OCH3 is 3.